The molecule has 5 aromatic rings. The molecule has 35 heavy (non-hydrogen) atoms. The maximum Gasteiger partial charge on any atom is 0.261 e. The number of H-pyrrole nitrogens is 2. The Balaban J connectivity index is 1.50. The van der Waals surface area contributed by atoms with E-state index in [4.69, 9.17) is 14.1 Å². The van der Waals surface area contributed by atoms with Crippen molar-refractivity contribution in [2.75, 3.05) is 36.5 Å². The number of nitrogens with one attached hydrogen (secondary N) is 3. The number of hydrogen-bond donors (Lipinski definition) is 3. The number of hydrogen-bond acceptors (Lipinski definition) is 8. The number of aromatic nitrogens is 6. The molecular weight excluding hydrogens is 448 g/mol. The number of nitrogens with zero attached hydrogens (tertiary/aromatic N) is 5. The van der Waals surface area contributed by atoms with Crippen LogP contribution < -0.4 is 15.8 Å². The summed E-state index contributed by atoms with van der Waals surface area (Å²) in [5.74, 6) is 0.474. The molecular formula is C24H26N8O3. The van der Waals surface area contributed by atoms with Crippen molar-refractivity contribution >= 4 is 33.4 Å². The summed E-state index contributed by atoms with van der Waals surface area (Å²) >= 11 is 0. The molecule has 1 unspecified atom stereocenters. The zero-order chi connectivity index (χ0) is 24.1. The quantitative estimate of drug-likeness (QED) is 0.354. The molecule has 1 aromatic carbocycles. The fourth-order valence-corrected chi connectivity index (χ4v) is 4.69. The molecule has 0 saturated carbocycles. The monoisotopic (exact) mass is 474 g/mol. The Labute approximate surface area is 200 Å². The molecule has 4 aromatic heterocycles. The van der Waals surface area contributed by atoms with Crippen LogP contribution >= 0.6 is 0 Å². The molecule has 1 aliphatic rings. The Morgan fingerprint density at radius 3 is 2.77 bits per heavy atom. The van der Waals surface area contributed by atoms with Crippen LogP contribution in [0, 0.1) is 6.92 Å². The van der Waals surface area contributed by atoms with Crippen LogP contribution in [0.1, 0.15) is 24.2 Å². The second-order valence-electron chi connectivity index (χ2n) is 8.89. The molecule has 11 heteroatoms. The van der Waals surface area contributed by atoms with Crippen molar-refractivity contribution in [2.24, 2.45) is 7.05 Å². The van der Waals surface area contributed by atoms with Gasteiger partial charge in [-0.1, -0.05) is 0 Å². The van der Waals surface area contributed by atoms with E-state index < -0.39 is 0 Å². The lowest BCUT2D eigenvalue weighted by atomic mass is 10.1. The molecule has 1 fully saturated rings. The van der Waals surface area contributed by atoms with Crippen LogP contribution in [-0.4, -0.2) is 56.0 Å². The maximum absolute atomic E-state index is 13.3. The number of anilines is 2. The Morgan fingerprint density at radius 2 is 2.00 bits per heavy atom. The van der Waals surface area contributed by atoms with E-state index in [2.05, 4.69) is 49.3 Å². The van der Waals surface area contributed by atoms with Gasteiger partial charge in [0.2, 0.25) is 0 Å². The summed E-state index contributed by atoms with van der Waals surface area (Å²) in [5, 5.41) is 8.02. The number of aryl methyl sites for hydroxylation is 2. The van der Waals surface area contributed by atoms with Gasteiger partial charge >= 0.3 is 0 Å². The van der Waals surface area contributed by atoms with Crippen molar-refractivity contribution in [3.8, 4) is 11.4 Å². The fraction of sp³-hybridized carbons (Fsp3) is 0.333. The highest BCUT2D eigenvalue weighted by Crippen LogP contribution is 2.34. The number of fused-ring (bicyclic) bond motifs is 2. The molecule has 0 spiro atoms. The van der Waals surface area contributed by atoms with Crippen LogP contribution in [-0.2, 0) is 11.8 Å². The smallest absolute Gasteiger partial charge is 0.261 e. The van der Waals surface area contributed by atoms with Crippen LogP contribution in [0.15, 0.2) is 40.2 Å². The van der Waals surface area contributed by atoms with Crippen molar-refractivity contribution in [1.29, 1.82) is 0 Å². The molecule has 5 heterocycles. The van der Waals surface area contributed by atoms with Gasteiger partial charge in [-0.2, -0.15) is 5.10 Å². The van der Waals surface area contributed by atoms with E-state index >= 15 is 0 Å². The number of imidazole rings is 1. The van der Waals surface area contributed by atoms with Gasteiger partial charge in [-0.15, -0.1) is 0 Å². The number of benzene rings is 1. The summed E-state index contributed by atoms with van der Waals surface area (Å²) < 4.78 is 12.3. The van der Waals surface area contributed by atoms with Gasteiger partial charge in [0.25, 0.3) is 5.56 Å². The first-order valence-electron chi connectivity index (χ1n) is 11.6. The molecule has 1 aliphatic heterocycles. The SMILES string of the molecule is Cc1cc2nc(-c3c(NC(C)c4cocn4)c4nn(C)cc4[nH]c3=O)[nH]c2cc1N1CCOCC1. The van der Waals surface area contributed by atoms with Crippen molar-refractivity contribution in [3.05, 3.63) is 52.6 Å². The zero-order valence-corrected chi connectivity index (χ0v) is 19.8. The van der Waals surface area contributed by atoms with E-state index in [-0.39, 0.29) is 11.6 Å². The lowest BCUT2D eigenvalue weighted by Crippen LogP contribution is -2.36. The molecule has 1 saturated heterocycles. The highest BCUT2D eigenvalue weighted by molar-refractivity contribution is 5.97. The second-order valence-corrected chi connectivity index (χ2v) is 8.89. The molecule has 6 rings (SSSR count). The van der Waals surface area contributed by atoms with Gasteiger partial charge in [0, 0.05) is 32.0 Å². The largest absolute Gasteiger partial charge is 0.451 e. The average molecular weight is 475 g/mol. The number of morpholine rings is 1. The van der Waals surface area contributed by atoms with Gasteiger partial charge in [0.15, 0.2) is 6.39 Å². The van der Waals surface area contributed by atoms with E-state index in [9.17, 15) is 4.79 Å². The van der Waals surface area contributed by atoms with Crippen LogP contribution in [0.25, 0.3) is 33.5 Å². The normalized spacial score (nSPS) is 15.2. The lowest BCUT2D eigenvalue weighted by molar-refractivity contribution is 0.122. The summed E-state index contributed by atoms with van der Waals surface area (Å²) in [6.07, 6.45) is 4.75. The number of ether oxygens (including phenoxy) is 1. The first-order chi connectivity index (χ1) is 17.0. The third kappa shape index (κ3) is 3.73. The van der Waals surface area contributed by atoms with Crippen LogP contribution in [0.5, 0.6) is 0 Å². The van der Waals surface area contributed by atoms with E-state index in [0.29, 0.717) is 41.3 Å². The van der Waals surface area contributed by atoms with E-state index in [1.807, 2.05) is 14.0 Å². The van der Waals surface area contributed by atoms with Gasteiger partial charge < -0.3 is 29.3 Å². The van der Waals surface area contributed by atoms with Gasteiger partial charge in [0.1, 0.15) is 28.9 Å². The number of oxazole rings is 1. The van der Waals surface area contributed by atoms with Crippen molar-refractivity contribution in [1.82, 2.24) is 29.7 Å². The predicted molar refractivity (Wildman–Crippen MR) is 133 cm³/mol. The third-order valence-electron chi connectivity index (χ3n) is 6.43. The molecule has 0 bridgehead atoms. The highest BCUT2D eigenvalue weighted by Gasteiger charge is 2.23. The second kappa shape index (κ2) is 8.27. The topological polar surface area (TPSA) is 130 Å². The minimum absolute atomic E-state index is 0.223. The summed E-state index contributed by atoms with van der Waals surface area (Å²) in [4.78, 5) is 31.0. The Bertz CT molecular complexity index is 1570. The first kappa shape index (κ1) is 21.4. The molecule has 3 N–H and O–H groups in total. The van der Waals surface area contributed by atoms with Crippen molar-refractivity contribution in [2.45, 2.75) is 19.9 Å². The highest BCUT2D eigenvalue weighted by atomic mass is 16.5. The third-order valence-corrected chi connectivity index (χ3v) is 6.43. The summed E-state index contributed by atoms with van der Waals surface area (Å²) in [7, 11) is 1.82. The summed E-state index contributed by atoms with van der Waals surface area (Å²) in [6, 6.07) is 3.93. The number of pyridine rings is 1. The minimum Gasteiger partial charge on any atom is -0.451 e. The van der Waals surface area contributed by atoms with Crippen LogP contribution in [0.4, 0.5) is 11.4 Å². The Morgan fingerprint density at radius 1 is 1.17 bits per heavy atom. The maximum atomic E-state index is 13.3. The zero-order valence-electron chi connectivity index (χ0n) is 19.8. The van der Waals surface area contributed by atoms with Gasteiger partial charge in [0.05, 0.1) is 41.5 Å². The summed E-state index contributed by atoms with van der Waals surface area (Å²) in [6.45, 7) is 7.15. The van der Waals surface area contributed by atoms with Gasteiger partial charge in [-0.25, -0.2) is 9.97 Å². The summed E-state index contributed by atoms with van der Waals surface area (Å²) in [5.41, 5.74) is 6.65. The molecule has 11 nitrogen and oxygen atoms in total. The van der Waals surface area contributed by atoms with E-state index in [0.717, 1.165) is 41.1 Å². The molecule has 0 radical (unpaired) electrons. The Hall–Kier alpha value is -4.12. The lowest BCUT2D eigenvalue weighted by Gasteiger charge is -2.30. The molecule has 1 atom stereocenters. The van der Waals surface area contributed by atoms with E-state index in [1.54, 1.807) is 17.1 Å². The average Bonchev–Trinajstić information content (AvgIpc) is 3.58. The molecule has 180 valence electrons. The fourth-order valence-electron chi connectivity index (χ4n) is 4.69. The van der Waals surface area contributed by atoms with Gasteiger partial charge in [-0.05, 0) is 31.5 Å². The number of aromatic amines is 2. The molecule has 0 amide bonds. The molecule has 0 aliphatic carbocycles. The number of rotatable bonds is 5. The first-order valence-corrected chi connectivity index (χ1v) is 11.6. The van der Waals surface area contributed by atoms with E-state index in [1.165, 1.54) is 6.39 Å². The predicted octanol–water partition coefficient (Wildman–Crippen LogP) is 3.11. The van der Waals surface area contributed by atoms with Crippen LogP contribution in [0.2, 0.25) is 0 Å². The van der Waals surface area contributed by atoms with Crippen molar-refractivity contribution in [3.63, 3.8) is 0 Å². The minimum atomic E-state index is -0.260. The van der Waals surface area contributed by atoms with Crippen LogP contribution in [0.3, 0.4) is 0 Å². The van der Waals surface area contributed by atoms with Gasteiger partial charge in [-0.3, -0.25) is 9.48 Å². The Kier molecular flexibility index (Phi) is 5.06. The standard InChI is InChI=1S/C24H26N8O3/c1-13-8-15-16(9-19(13)32-4-6-34-7-5-32)28-23(27-15)20-22(26-14(2)18-11-35-12-25-18)21-17(29-24(20)33)10-31(3)30-21/h8-12,14,26H,4-7H2,1-3H3,(H,27,28)(H,29,33). The van der Waals surface area contributed by atoms with Crippen molar-refractivity contribution < 1.29 is 9.15 Å².